The van der Waals surface area contributed by atoms with Gasteiger partial charge in [0, 0.05) is 0 Å². The summed E-state index contributed by atoms with van der Waals surface area (Å²) in [5, 5.41) is 0. The van der Waals surface area contributed by atoms with Gasteiger partial charge in [0.15, 0.2) is 5.41 Å². The Hall–Kier alpha value is -2.83. The number of rotatable bonds is 6. The third kappa shape index (κ3) is 3.97. The second-order valence-corrected chi connectivity index (χ2v) is 6.19. The molecule has 0 saturated heterocycles. The number of esters is 3. The monoisotopic (exact) mass is 376 g/mol. The Bertz CT molecular complexity index is 717. The molecular formula is C20H24O7. The van der Waals surface area contributed by atoms with Crippen LogP contribution in [0.1, 0.15) is 25.3 Å². The summed E-state index contributed by atoms with van der Waals surface area (Å²) in [7, 11) is 3.97. The van der Waals surface area contributed by atoms with Crippen LogP contribution in [0.25, 0.3) is 6.08 Å². The van der Waals surface area contributed by atoms with Crippen molar-refractivity contribution in [2.75, 3.05) is 27.9 Å². The van der Waals surface area contributed by atoms with E-state index in [1.165, 1.54) is 14.2 Å². The van der Waals surface area contributed by atoms with Crippen LogP contribution in [0.5, 0.6) is 5.75 Å². The lowest BCUT2D eigenvalue weighted by Gasteiger charge is -2.25. The van der Waals surface area contributed by atoms with Crippen LogP contribution in [0.4, 0.5) is 0 Å². The molecule has 0 heterocycles. The summed E-state index contributed by atoms with van der Waals surface area (Å²) in [4.78, 5) is 37.5. The van der Waals surface area contributed by atoms with E-state index in [0.29, 0.717) is 11.3 Å². The summed E-state index contributed by atoms with van der Waals surface area (Å²) in [5.41, 5.74) is -0.446. The highest BCUT2D eigenvalue weighted by molar-refractivity contribution is 6.06. The number of carbonyl (C=O) groups is 3. The lowest BCUT2D eigenvalue weighted by atomic mass is 9.81. The summed E-state index contributed by atoms with van der Waals surface area (Å²) >= 11 is 0. The van der Waals surface area contributed by atoms with Crippen LogP contribution in [0.2, 0.25) is 0 Å². The summed E-state index contributed by atoms with van der Waals surface area (Å²) < 4.78 is 20.0. The largest absolute Gasteiger partial charge is 0.497 e. The molecule has 2 rings (SSSR count). The van der Waals surface area contributed by atoms with Crippen molar-refractivity contribution in [1.29, 1.82) is 0 Å². The highest BCUT2D eigenvalue weighted by Crippen LogP contribution is 2.49. The normalized spacial score (nSPS) is 19.4. The Morgan fingerprint density at radius 1 is 1.07 bits per heavy atom. The van der Waals surface area contributed by atoms with Crippen LogP contribution in [-0.4, -0.2) is 45.8 Å². The Balaban J connectivity index is 2.52. The zero-order chi connectivity index (χ0) is 20.0. The molecule has 0 radical (unpaired) electrons. The van der Waals surface area contributed by atoms with E-state index in [2.05, 4.69) is 0 Å². The van der Waals surface area contributed by atoms with Gasteiger partial charge in [0.05, 0.1) is 33.9 Å². The van der Waals surface area contributed by atoms with Crippen molar-refractivity contribution >= 4 is 24.0 Å². The van der Waals surface area contributed by atoms with Gasteiger partial charge >= 0.3 is 17.9 Å². The first-order valence-corrected chi connectivity index (χ1v) is 8.61. The molecule has 1 saturated carbocycles. The van der Waals surface area contributed by atoms with E-state index in [1.54, 1.807) is 44.4 Å². The van der Waals surface area contributed by atoms with Crippen LogP contribution in [-0.2, 0) is 28.6 Å². The first kappa shape index (κ1) is 20.5. The molecule has 146 valence electrons. The number of hydrogen-bond donors (Lipinski definition) is 0. The summed E-state index contributed by atoms with van der Waals surface area (Å²) in [5.74, 6) is -1.90. The molecule has 1 atom stereocenters. The first-order valence-electron chi connectivity index (χ1n) is 8.61. The molecule has 27 heavy (non-hydrogen) atoms. The Morgan fingerprint density at radius 2 is 1.67 bits per heavy atom. The third-order valence-electron chi connectivity index (χ3n) is 4.71. The average molecular weight is 376 g/mol. The zero-order valence-electron chi connectivity index (χ0n) is 15.9. The fraction of sp³-hybridized carbons (Fsp3) is 0.450. The predicted octanol–water partition coefficient (Wildman–Crippen LogP) is 2.38. The molecule has 0 aliphatic heterocycles. The molecule has 0 spiro atoms. The van der Waals surface area contributed by atoms with E-state index in [4.69, 9.17) is 18.9 Å². The third-order valence-corrected chi connectivity index (χ3v) is 4.71. The van der Waals surface area contributed by atoms with Gasteiger partial charge in [-0.2, -0.15) is 0 Å². The fourth-order valence-corrected chi connectivity index (χ4v) is 3.38. The van der Waals surface area contributed by atoms with Gasteiger partial charge in [-0.3, -0.25) is 14.4 Å². The summed E-state index contributed by atoms with van der Waals surface area (Å²) in [6.45, 7) is 1.92. The van der Waals surface area contributed by atoms with Gasteiger partial charge in [0.25, 0.3) is 0 Å². The fourth-order valence-electron chi connectivity index (χ4n) is 3.38. The maximum atomic E-state index is 12.6. The van der Waals surface area contributed by atoms with Crippen molar-refractivity contribution < 1.29 is 33.3 Å². The van der Waals surface area contributed by atoms with Gasteiger partial charge in [-0.1, -0.05) is 18.2 Å². The van der Waals surface area contributed by atoms with E-state index in [0.717, 1.165) is 5.56 Å². The number of carbonyl (C=O) groups excluding carboxylic acids is 3. The molecule has 1 fully saturated rings. The highest BCUT2D eigenvalue weighted by Gasteiger charge is 2.58. The maximum Gasteiger partial charge on any atom is 0.327 e. The lowest BCUT2D eigenvalue weighted by molar-refractivity contribution is -0.166. The smallest absolute Gasteiger partial charge is 0.327 e. The molecular weight excluding hydrogens is 352 g/mol. The van der Waals surface area contributed by atoms with Crippen molar-refractivity contribution in [1.82, 2.24) is 0 Å². The molecule has 1 unspecified atom stereocenters. The molecule has 1 aromatic carbocycles. The minimum Gasteiger partial charge on any atom is -0.497 e. The van der Waals surface area contributed by atoms with Crippen molar-refractivity contribution in [3.05, 3.63) is 35.4 Å². The van der Waals surface area contributed by atoms with Crippen molar-refractivity contribution in [3.8, 4) is 5.75 Å². The molecule has 1 aliphatic carbocycles. The van der Waals surface area contributed by atoms with Crippen molar-refractivity contribution in [3.63, 3.8) is 0 Å². The molecule has 0 aromatic heterocycles. The van der Waals surface area contributed by atoms with Crippen molar-refractivity contribution in [2.24, 2.45) is 11.3 Å². The number of hydrogen-bond acceptors (Lipinski definition) is 7. The number of benzene rings is 1. The molecule has 0 amide bonds. The summed E-state index contributed by atoms with van der Waals surface area (Å²) in [6.07, 6.45) is 1.87. The van der Waals surface area contributed by atoms with Crippen LogP contribution < -0.4 is 4.74 Å². The SMILES string of the molecule is CCOC(=O)C1C/C(=C\c2ccc(OC)cc2)C(C(=O)OC)(C(=O)OC)C1. The molecule has 0 N–H and O–H groups in total. The van der Waals surface area contributed by atoms with Crippen molar-refractivity contribution in [2.45, 2.75) is 19.8 Å². The van der Waals surface area contributed by atoms with E-state index in [-0.39, 0.29) is 19.4 Å². The van der Waals surface area contributed by atoms with E-state index in [9.17, 15) is 14.4 Å². The quantitative estimate of drug-likeness (QED) is 0.428. The Kier molecular flexibility index (Phi) is 6.60. The van der Waals surface area contributed by atoms with E-state index < -0.39 is 29.2 Å². The van der Waals surface area contributed by atoms with Gasteiger partial charge in [0.2, 0.25) is 0 Å². The maximum absolute atomic E-state index is 12.6. The lowest BCUT2D eigenvalue weighted by Crippen LogP contribution is -2.41. The minimum atomic E-state index is -1.67. The second-order valence-electron chi connectivity index (χ2n) is 6.19. The van der Waals surface area contributed by atoms with Crippen LogP contribution >= 0.6 is 0 Å². The average Bonchev–Trinajstić information content (AvgIpc) is 3.08. The standard InChI is InChI=1S/C20H24O7/c1-5-27-17(21)14-11-15(10-13-6-8-16(24-2)9-7-13)20(12-14,18(22)25-3)19(23)26-4/h6-10,14H,5,11-12H2,1-4H3/b15-10+. The van der Waals surface area contributed by atoms with Crippen LogP contribution in [0.3, 0.4) is 0 Å². The Labute approximate surface area is 158 Å². The molecule has 7 heteroatoms. The predicted molar refractivity (Wildman–Crippen MR) is 96.8 cm³/mol. The molecule has 1 aliphatic rings. The van der Waals surface area contributed by atoms with Gasteiger partial charge in [-0.25, -0.2) is 0 Å². The van der Waals surface area contributed by atoms with Crippen LogP contribution in [0, 0.1) is 11.3 Å². The van der Waals surface area contributed by atoms with E-state index >= 15 is 0 Å². The zero-order valence-corrected chi connectivity index (χ0v) is 15.9. The number of methoxy groups -OCH3 is 3. The molecule has 7 nitrogen and oxygen atoms in total. The van der Waals surface area contributed by atoms with Crippen LogP contribution in [0.15, 0.2) is 29.8 Å². The van der Waals surface area contributed by atoms with E-state index in [1.807, 2.05) is 0 Å². The topological polar surface area (TPSA) is 88.1 Å². The van der Waals surface area contributed by atoms with Gasteiger partial charge in [-0.05, 0) is 43.0 Å². The highest BCUT2D eigenvalue weighted by atomic mass is 16.5. The second kappa shape index (κ2) is 8.70. The molecule has 1 aromatic rings. The van der Waals surface area contributed by atoms with Gasteiger partial charge in [0.1, 0.15) is 5.75 Å². The first-order chi connectivity index (χ1) is 12.9. The van der Waals surface area contributed by atoms with Gasteiger partial charge < -0.3 is 18.9 Å². The Morgan fingerprint density at radius 3 is 2.15 bits per heavy atom. The summed E-state index contributed by atoms with van der Waals surface area (Å²) in [6, 6.07) is 7.12. The van der Waals surface area contributed by atoms with Gasteiger partial charge in [-0.15, -0.1) is 0 Å². The minimum absolute atomic E-state index is 0.0484. The molecule has 0 bridgehead atoms. The number of ether oxygens (including phenoxy) is 4.